The van der Waals surface area contributed by atoms with Gasteiger partial charge < -0.3 is 14.8 Å². The number of carboxylic acids is 1. The van der Waals surface area contributed by atoms with Crippen molar-refractivity contribution < 1.29 is 24.4 Å². The second kappa shape index (κ2) is 7.03. The van der Waals surface area contributed by atoms with Gasteiger partial charge in [-0.1, -0.05) is 22.4 Å². The first kappa shape index (κ1) is 15.4. The molecule has 0 radical (unpaired) electrons. The molecule has 0 saturated carbocycles. The average Bonchev–Trinajstić information content (AvgIpc) is 2.44. The molecule has 0 atom stereocenters. The van der Waals surface area contributed by atoms with Gasteiger partial charge in [-0.05, 0) is 26.0 Å². The Morgan fingerprint density at radius 1 is 1.10 bits per heavy atom. The SMILES string of the molecule is CON=C(C)C(C)=NOc1ccccc1C(=O)C(=O)O. The summed E-state index contributed by atoms with van der Waals surface area (Å²) in [6.07, 6.45) is 0. The predicted octanol–water partition coefficient (Wildman–Crippen LogP) is 1.73. The van der Waals surface area contributed by atoms with Gasteiger partial charge in [-0.25, -0.2) is 4.79 Å². The topological polar surface area (TPSA) is 97.6 Å². The Kier molecular flexibility index (Phi) is 5.40. The minimum absolute atomic E-state index is 0.0597. The summed E-state index contributed by atoms with van der Waals surface area (Å²) < 4.78 is 0. The number of hydrogen-bond donors (Lipinski definition) is 1. The molecule has 0 saturated heterocycles. The van der Waals surface area contributed by atoms with Crippen LogP contribution in [0.3, 0.4) is 0 Å². The molecule has 0 bridgehead atoms. The standard InChI is InChI=1S/C13H14N2O5/c1-8(14-19-3)9(2)15-20-11-7-5-4-6-10(11)12(16)13(17)18/h4-7H,1-3H3,(H,17,18). The molecule has 106 valence electrons. The maximum Gasteiger partial charge on any atom is 0.377 e. The smallest absolute Gasteiger partial charge is 0.377 e. The Morgan fingerprint density at radius 3 is 2.30 bits per heavy atom. The van der Waals surface area contributed by atoms with Crippen molar-refractivity contribution in [3.63, 3.8) is 0 Å². The lowest BCUT2D eigenvalue weighted by Gasteiger charge is -2.05. The van der Waals surface area contributed by atoms with Crippen molar-refractivity contribution in [2.45, 2.75) is 13.8 Å². The average molecular weight is 278 g/mol. The molecule has 7 heteroatoms. The van der Waals surface area contributed by atoms with Crippen LogP contribution in [0.5, 0.6) is 5.75 Å². The Morgan fingerprint density at radius 2 is 1.70 bits per heavy atom. The molecule has 7 nitrogen and oxygen atoms in total. The van der Waals surface area contributed by atoms with E-state index in [2.05, 4.69) is 15.1 Å². The molecule has 0 aliphatic heterocycles. The summed E-state index contributed by atoms with van der Waals surface area (Å²) >= 11 is 0. The van der Waals surface area contributed by atoms with Crippen LogP contribution < -0.4 is 4.84 Å². The second-order valence-electron chi connectivity index (χ2n) is 3.76. The van der Waals surface area contributed by atoms with Crippen LogP contribution in [0.25, 0.3) is 0 Å². The third-order valence-corrected chi connectivity index (χ3v) is 2.36. The molecule has 20 heavy (non-hydrogen) atoms. The molecule has 0 aliphatic carbocycles. The highest BCUT2D eigenvalue weighted by molar-refractivity contribution is 6.41. The molecule has 1 N–H and O–H groups in total. The third kappa shape index (κ3) is 3.91. The van der Waals surface area contributed by atoms with Gasteiger partial charge in [-0.2, -0.15) is 0 Å². The lowest BCUT2D eigenvalue weighted by Crippen LogP contribution is -2.14. The molecule has 1 aromatic rings. The van der Waals surface area contributed by atoms with Gasteiger partial charge in [-0.3, -0.25) is 4.79 Å². The first-order valence-corrected chi connectivity index (χ1v) is 5.63. The van der Waals surface area contributed by atoms with E-state index < -0.39 is 11.8 Å². The zero-order valence-electron chi connectivity index (χ0n) is 11.3. The van der Waals surface area contributed by atoms with Crippen LogP contribution >= 0.6 is 0 Å². The van der Waals surface area contributed by atoms with Gasteiger partial charge >= 0.3 is 5.97 Å². The third-order valence-electron chi connectivity index (χ3n) is 2.36. The fraction of sp³-hybridized carbons (Fsp3) is 0.231. The van der Waals surface area contributed by atoms with Crippen molar-refractivity contribution in [2.24, 2.45) is 10.3 Å². The van der Waals surface area contributed by atoms with Crippen molar-refractivity contribution >= 4 is 23.2 Å². The van der Waals surface area contributed by atoms with Crippen molar-refractivity contribution in [1.82, 2.24) is 0 Å². The van der Waals surface area contributed by atoms with Crippen molar-refractivity contribution in [3.8, 4) is 5.75 Å². The summed E-state index contributed by atoms with van der Waals surface area (Å²) in [5.41, 5.74) is 0.858. The normalized spacial score (nSPS) is 11.9. The molecular weight excluding hydrogens is 264 g/mol. The number of aliphatic carboxylic acids is 1. The zero-order valence-corrected chi connectivity index (χ0v) is 11.3. The highest BCUT2D eigenvalue weighted by Gasteiger charge is 2.19. The second-order valence-corrected chi connectivity index (χ2v) is 3.76. The van der Waals surface area contributed by atoms with Crippen LogP contribution in [0.2, 0.25) is 0 Å². The number of benzene rings is 1. The maximum atomic E-state index is 11.5. The van der Waals surface area contributed by atoms with E-state index >= 15 is 0 Å². The van der Waals surface area contributed by atoms with Gasteiger partial charge in [0.2, 0.25) is 0 Å². The number of oxime groups is 2. The summed E-state index contributed by atoms with van der Waals surface area (Å²) in [5, 5.41) is 16.2. The molecule has 0 unspecified atom stereocenters. The first-order valence-electron chi connectivity index (χ1n) is 5.63. The summed E-state index contributed by atoms with van der Waals surface area (Å²) in [6.45, 7) is 3.31. The van der Waals surface area contributed by atoms with Gasteiger partial charge in [0.05, 0.1) is 5.56 Å². The number of Topliss-reactive ketones (excluding diaryl/α,β-unsaturated/α-hetero) is 1. The van der Waals surface area contributed by atoms with Crippen molar-refractivity contribution in [1.29, 1.82) is 0 Å². The van der Waals surface area contributed by atoms with Gasteiger partial charge in [0.15, 0.2) is 5.75 Å². The van der Waals surface area contributed by atoms with E-state index in [1.165, 1.54) is 25.3 Å². The van der Waals surface area contributed by atoms with Crippen molar-refractivity contribution in [3.05, 3.63) is 29.8 Å². The van der Waals surface area contributed by atoms with Crippen LogP contribution in [0, 0.1) is 0 Å². The molecule has 0 spiro atoms. The van der Waals surface area contributed by atoms with Crippen LogP contribution in [0.4, 0.5) is 0 Å². The Balaban J connectivity index is 3.00. The van der Waals surface area contributed by atoms with E-state index in [-0.39, 0.29) is 11.3 Å². The van der Waals surface area contributed by atoms with Gasteiger partial charge in [-0.15, -0.1) is 0 Å². The lowest BCUT2D eigenvalue weighted by atomic mass is 10.1. The number of carboxylic acid groups (broad SMARTS) is 1. The molecule has 0 amide bonds. The molecule has 0 fully saturated rings. The van der Waals surface area contributed by atoms with E-state index in [1.807, 2.05) is 0 Å². The first-order chi connectivity index (χ1) is 9.47. The van der Waals surface area contributed by atoms with E-state index in [1.54, 1.807) is 19.9 Å². The van der Waals surface area contributed by atoms with Crippen LogP contribution in [-0.4, -0.2) is 35.4 Å². The summed E-state index contributed by atoms with van der Waals surface area (Å²) in [5.74, 6) is -2.56. The Hall–Kier alpha value is -2.70. The van der Waals surface area contributed by atoms with Crippen LogP contribution in [-0.2, 0) is 9.63 Å². The number of para-hydroxylation sites is 1. The molecule has 0 aliphatic rings. The number of nitrogens with zero attached hydrogens (tertiary/aromatic N) is 2. The summed E-state index contributed by atoms with van der Waals surface area (Å²) in [7, 11) is 1.40. The number of carbonyl (C=O) groups excluding carboxylic acids is 1. The highest BCUT2D eigenvalue weighted by atomic mass is 16.6. The van der Waals surface area contributed by atoms with Gasteiger partial charge in [0.25, 0.3) is 5.78 Å². The molecule has 0 heterocycles. The predicted molar refractivity (Wildman–Crippen MR) is 72.3 cm³/mol. The molecule has 1 aromatic carbocycles. The minimum atomic E-state index is -1.56. The number of ketones is 1. The van der Waals surface area contributed by atoms with Crippen LogP contribution in [0.15, 0.2) is 34.6 Å². The number of hydrogen-bond acceptors (Lipinski definition) is 6. The quantitative estimate of drug-likeness (QED) is 0.370. The van der Waals surface area contributed by atoms with Gasteiger partial charge in [0, 0.05) is 0 Å². The largest absolute Gasteiger partial charge is 0.475 e. The lowest BCUT2D eigenvalue weighted by molar-refractivity contribution is -0.131. The fourth-order valence-corrected chi connectivity index (χ4v) is 1.24. The van der Waals surface area contributed by atoms with E-state index in [4.69, 9.17) is 9.94 Å². The molecule has 1 rings (SSSR count). The Labute approximate surface area is 115 Å². The van der Waals surface area contributed by atoms with Crippen LogP contribution in [0.1, 0.15) is 24.2 Å². The minimum Gasteiger partial charge on any atom is -0.475 e. The van der Waals surface area contributed by atoms with E-state index in [0.29, 0.717) is 11.4 Å². The zero-order chi connectivity index (χ0) is 15.1. The van der Waals surface area contributed by atoms with Crippen molar-refractivity contribution in [2.75, 3.05) is 7.11 Å². The summed E-state index contributed by atoms with van der Waals surface area (Å²) in [6, 6.07) is 5.95. The molecular formula is C13H14N2O5. The molecule has 0 aromatic heterocycles. The highest BCUT2D eigenvalue weighted by Crippen LogP contribution is 2.19. The monoisotopic (exact) mass is 278 g/mol. The van der Waals surface area contributed by atoms with Gasteiger partial charge in [0.1, 0.15) is 18.5 Å². The number of rotatable bonds is 6. The van der Waals surface area contributed by atoms with E-state index in [9.17, 15) is 9.59 Å². The number of carbonyl (C=O) groups is 2. The maximum absolute atomic E-state index is 11.5. The fourth-order valence-electron chi connectivity index (χ4n) is 1.24. The summed E-state index contributed by atoms with van der Waals surface area (Å²) in [4.78, 5) is 31.9. The van der Waals surface area contributed by atoms with E-state index in [0.717, 1.165) is 0 Å². The Bertz CT molecular complexity index is 578.